The molecule has 0 spiro atoms. The topological polar surface area (TPSA) is 54.9 Å². The Bertz CT molecular complexity index is 819. The van der Waals surface area contributed by atoms with E-state index in [0.717, 1.165) is 37.2 Å². The van der Waals surface area contributed by atoms with Gasteiger partial charge in [0, 0.05) is 6.04 Å². The monoisotopic (exact) mass is 429 g/mol. The van der Waals surface area contributed by atoms with Crippen LogP contribution in [0.25, 0.3) is 0 Å². The van der Waals surface area contributed by atoms with Gasteiger partial charge >= 0.3 is 6.09 Å². The lowest BCUT2D eigenvalue weighted by Gasteiger charge is -2.36. The van der Waals surface area contributed by atoms with E-state index in [9.17, 15) is 9.18 Å². The summed E-state index contributed by atoms with van der Waals surface area (Å²) in [7, 11) is 2.08. The standard InChI is InChI=1S/C24H32FN3O3/c1-18(2)16-30-23-8-4-19(5-9-23)17-31-24(29)28(22-10-12-27(3)13-11-22)15-21-7-6-20(25)14-26-21/h4-9,14,18,22H,10-13,15-17H2,1-3H3. The molecule has 1 saturated heterocycles. The lowest BCUT2D eigenvalue weighted by molar-refractivity contribution is 0.0598. The summed E-state index contributed by atoms with van der Waals surface area (Å²) >= 11 is 0. The first-order valence-electron chi connectivity index (χ1n) is 10.8. The fourth-order valence-corrected chi connectivity index (χ4v) is 3.50. The number of pyridine rings is 1. The van der Waals surface area contributed by atoms with Gasteiger partial charge in [0.05, 0.1) is 25.0 Å². The van der Waals surface area contributed by atoms with Gasteiger partial charge in [-0.05, 0) is 68.7 Å². The van der Waals surface area contributed by atoms with Crippen LogP contribution in [0, 0.1) is 11.7 Å². The minimum absolute atomic E-state index is 0.0716. The number of halogens is 1. The first-order chi connectivity index (χ1) is 14.9. The van der Waals surface area contributed by atoms with Gasteiger partial charge in [-0.3, -0.25) is 9.88 Å². The van der Waals surface area contributed by atoms with Crippen LogP contribution in [0.2, 0.25) is 0 Å². The summed E-state index contributed by atoms with van der Waals surface area (Å²) in [5.41, 5.74) is 1.54. The van der Waals surface area contributed by atoms with Gasteiger partial charge in [-0.2, -0.15) is 0 Å². The smallest absolute Gasteiger partial charge is 0.410 e. The average Bonchev–Trinajstić information content (AvgIpc) is 2.77. The predicted octanol–water partition coefficient (Wildman–Crippen LogP) is 4.49. The maximum atomic E-state index is 13.2. The zero-order valence-electron chi connectivity index (χ0n) is 18.6. The van der Waals surface area contributed by atoms with E-state index in [0.29, 0.717) is 24.8 Å². The Hall–Kier alpha value is -2.67. The summed E-state index contributed by atoms with van der Waals surface area (Å²) in [5, 5.41) is 0. The number of benzene rings is 1. The van der Waals surface area contributed by atoms with Crippen LogP contribution < -0.4 is 4.74 Å². The van der Waals surface area contributed by atoms with Gasteiger partial charge < -0.3 is 14.4 Å². The highest BCUT2D eigenvalue weighted by Crippen LogP contribution is 2.20. The van der Waals surface area contributed by atoms with Crippen LogP contribution in [0.5, 0.6) is 5.75 Å². The highest BCUT2D eigenvalue weighted by Gasteiger charge is 2.28. The van der Waals surface area contributed by atoms with E-state index in [1.165, 1.54) is 12.3 Å². The second-order valence-electron chi connectivity index (χ2n) is 8.53. The summed E-state index contributed by atoms with van der Waals surface area (Å²) in [6.45, 7) is 7.19. The fraction of sp³-hybridized carbons (Fsp3) is 0.500. The average molecular weight is 430 g/mol. The Morgan fingerprint density at radius 1 is 1.19 bits per heavy atom. The molecule has 0 N–H and O–H groups in total. The van der Waals surface area contributed by atoms with Crippen LogP contribution in [-0.2, 0) is 17.9 Å². The van der Waals surface area contributed by atoms with E-state index in [-0.39, 0.29) is 18.7 Å². The number of hydrogen-bond acceptors (Lipinski definition) is 5. The van der Waals surface area contributed by atoms with Crippen molar-refractivity contribution in [1.29, 1.82) is 0 Å². The molecule has 0 saturated carbocycles. The molecule has 31 heavy (non-hydrogen) atoms. The number of likely N-dealkylation sites (tertiary alicyclic amines) is 1. The molecule has 1 aliphatic rings. The second kappa shape index (κ2) is 11.1. The number of amides is 1. The summed E-state index contributed by atoms with van der Waals surface area (Å²) in [4.78, 5) is 21.1. The molecule has 0 unspecified atom stereocenters. The molecular formula is C24H32FN3O3. The highest BCUT2D eigenvalue weighted by atomic mass is 19.1. The van der Waals surface area contributed by atoms with Crippen molar-refractivity contribution in [1.82, 2.24) is 14.8 Å². The number of piperidine rings is 1. The predicted molar refractivity (Wildman–Crippen MR) is 117 cm³/mol. The zero-order valence-corrected chi connectivity index (χ0v) is 18.6. The Morgan fingerprint density at radius 3 is 2.52 bits per heavy atom. The van der Waals surface area contributed by atoms with E-state index in [1.54, 1.807) is 11.0 Å². The van der Waals surface area contributed by atoms with Crippen LogP contribution in [0.15, 0.2) is 42.6 Å². The van der Waals surface area contributed by atoms with E-state index in [4.69, 9.17) is 9.47 Å². The minimum atomic E-state index is -0.391. The van der Waals surface area contributed by atoms with Gasteiger partial charge in [0.15, 0.2) is 0 Å². The summed E-state index contributed by atoms with van der Waals surface area (Å²) in [6, 6.07) is 10.6. The Morgan fingerprint density at radius 2 is 1.90 bits per heavy atom. The summed E-state index contributed by atoms with van der Waals surface area (Å²) in [6.07, 6.45) is 2.54. The number of nitrogens with zero attached hydrogens (tertiary/aromatic N) is 3. The molecular weight excluding hydrogens is 397 g/mol. The highest BCUT2D eigenvalue weighted by molar-refractivity contribution is 5.68. The van der Waals surface area contributed by atoms with Crippen LogP contribution in [-0.4, -0.2) is 53.7 Å². The van der Waals surface area contributed by atoms with E-state index in [2.05, 4.69) is 30.8 Å². The van der Waals surface area contributed by atoms with Crippen molar-refractivity contribution in [3.63, 3.8) is 0 Å². The number of carbonyl (C=O) groups excluding carboxylic acids is 1. The Balaban J connectivity index is 1.61. The molecule has 2 heterocycles. The van der Waals surface area contributed by atoms with Gasteiger partial charge in [0.25, 0.3) is 0 Å². The van der Waals surface area contributed by atoms with Gasteiger partial charge in [0.2, 0.25) is 0 Å². The number of ether oxygens (including phenoxy) is 2. The Kier molecular flexibility index (Phi) is 8.23. The summed E-state index contributed by atoms with van der Waals surface area (Å²) < 4.78 is 24.6. The molecule has 1 aromatic heterocycles. The van der Waals surface area contributed by atoms with Crippen LogP contribution in [0.1, 0.15) is 37.9 Å². The Labute approximate surface area is 184 Å². The molecule has 0 radical (unpaired) electrons. The lowest BCUT2D eigenvalue weighted by Crippen LogP contribution is -2.46. The zero-order chi connectivity index (χ0) is 22.2. The van der Waals surface area contributed by atoms with Crippen molar-refractivity contribution >= 4 is 6.09 Å². The lowest BCUT2D eigenvalue weighted by atomic mass is 10.0. The molecule has 0 aliphatic carbocycles. The molecule has 3 rings (SSSR count). The first kappa shape index (κ1) is 23.0. The quantitative estimate of drug-likeness (QED) is 0.619. The van der Waals surface area contributed by atoms with Gasteiger partial charge in [-0.25, -0.2) is 9.18 Å². The minimum Gasteiger partial charge on any atom is -0.493 e. The fourth-order valence-electron chi connectivity index (χ4n) is 3.50. The third-order valence-corrected chi connectivity index (χ3v) is 5.35. The molecule has 1 fully saturated rings. The largest absolute Gasteiger partial charge is 0.493 e. The number of aromatic nitrogens is 1. The van der Waals surface area contributed by atoms with Crippen LogP contribution >= 0.6 is 0 Å². The normalized spacial score (nSPS) is 15.1. The van der Waals surface area contributed by atoms with Crippen molar-refractivity contribution in [3.8, 4) is 5.75 Å². The second-order valence-corrected chi connectivity index (χ2v) is 8.53. The molecule has 0 bridgehead atoms. The SMILES string of the molecule is CC(C)COc1ccc(COC(=O)N(Cc2ccc(F)cn2)C2CCN(C)CC2)cc1. The molecule has 1 aromatic carbocycles. The maximum absolute atomic E-state index is 13.2. The van der Waals surface area contributed by atoms with Gasteiger partial charge in [-0.15, -0.1) is 0 Å². The van der Waals surface area contributed by atoms with Crippen molar-refractivity contribution in [2.75, 3.05) is 26.7 Å². The molecule has 7 heteroatoms. The molecule has 2 aromatic rings. The van der Waals surface area contributed by atoms with Crippen molar-refractivity contribution in [2.45, 2.75) is 45.9 Å². The molecule has 168 valence electrons. The van der Waals surface area contributed by atoms with Crippen molar-refractivity contribution in [3.05, 3.63) is 59.7 Å². The van der Waals surface area contributed by atoms with E-state index in [1.807, 2.05) is 24.3 Å². The third-order valence-electron chi connectivity index (χ3n) is 5.35. The molecule has 0 atom stereocenters. The maximum Gasteiger partial charge on any atom is 0.410 e. The molecule has 6 nitrogen and oxygen atoms in total. The molecule has 1 amide bonds. The van der Waals surface area contributed by atoms with E-state index >= 15 is 0 Å². The van der Waals surface area contributed by atoms with Crippen molar-refractivity contribution in [2.24, 2.45) is 5.92 Å². The first-order valence-corrected chi connectivity index (χ1v) is 10.8. The molecule has 1 aliphatic heterocycles. The van der Waals surface area contributed by atoms with Crippen molar-refractivity contribution < 1.29 is 18.7 Å². The van der Waals surface area contributed by atoms with Crippen LogP contribution in [0.4, 0.5) is 9.18 Å². The van der Waals surface area contributed by atoms with Gasteiger partial charge in [-0.1, -0.05) is 26.0 Å². The van der Waals surface area contributed by atoms with Gasteiger partial charge in [0.1, 0.15) is 18.2 Å². The number of rotatable bonds is 8. The van der Waals surface area contributed by atoms with Crippen LogP contribution in [0.3, 0.4) is 0 Å². The number of carbonyl (C=O) groups is 1. The summed E-state index contributed by atoms with van der Waals surface area (Å²) in [5.74, 6) is 0.874. The third kappa shape index (κ3) is 7.21. The number of hydrogen-bond donors (Lipinski definition) is 0. The van der Waals surface area contributed by atoms with E-state index < -0.39 is 5.82 Å².